The van der Waals surface area contributed by atoms with Gasteiger partial charge >= 0.3 is 0 Å². The molecule has 3 aliphatic heterocycles. The molecule has 4 saturated carbocycles. The molecule has 3 heterocycles. The molecule has 3 amide bonds. The van der Waals surface area contributed by atoms with Gasteiger partial charge in [0.1, 0.15) is 6.04 Å². The Morgan fingerprint density at radius 3 is 2.25 bits per heavy atom. The number of hydrogen-bond donors (Lipinski definition) is 2. The molecule has 3 saturated heterocycles. The summed E-state index contributed by atoms with van der Waals surface area (Å²) in [6.45, 7) is 7.47. The van der Waals surface area contributed by atoms with Crippen molar-refractivity contribution in [2.45, 2.75) is 179 Å². The van der Waals surface area contributed by atoms with Crippen LogP contribution in [0.1, 0.15) is 161 Å². The minimum absolute atomic E-state index is 0.0766. The fourth-order valence-electron chi connectivity index (χ4n) is 12.6. The van der Waals surface area contributed by atoms with E-state index in [1.54, 1.807) is 0 Å². The zero-order valence-corrected chi connectivity index (χ0v) is 33.3. The molecule has 5 unspecified atom stereocenters. The molecule has 298 valence electrons. The van der Waals surface area contributed by atoms with E-state index < -0.39 is 6.04 Å². The fourth-order valence-corrected chi connectivity index (χ4v) is 12.6. The van der Waals surface area contributed by atoms with Gasteiger partial charge in [-0.15, -0.1) is 0 Å². The van der Waals surface area contributed by atoms with Gasteiger partial charge in [0.25, 0.3) is 0 Å². The molecule has 8 heteroatoms. The number of likely N-dealkylation sites (tertiary alicyclic amines) is 2. The normalized spacial score (nSPS) is 37.0. The predicted molar refractivity (Wildman–Crippen MR) is 209 cm³/mol. The summed E-state index contributed by atoms with van der Waals surface area (Å²) in [4.78, 5) is 41.8. The van der Waals surface area contributed by atoms with Crippen LogP contribution in [0, 0.1) is 41.4 Å². The van der Waals surface area contributed by atoms with Crippen LogP contribution in [0.2, 0.25) is 0 Å². The summed E-state index contributed by atoms with van der Waals surface area (Å²) in [5.41, 5.74) is 3.70. The largest absolute Gasteiger partial charge is 0.393 e. The van der Waals surface area contributed by atoms with Crippen molar-refractivity contribution in [3.8, 4) is 0 Å². The van der Waals surface area contributed by atoms with Crippen molar-refractivity contribution in [3.63, 3.8) is 0 Å². The zero-order valence-electron chi connectivity index (χ0n) is 33.3. The topological polar surface area (TPSA) is 99.2 Å². The molecule has 0 aromatic heterocycles. The van der Waals surface area contributed by atoms with Gasteiger partial charge in [-0.25, -0.2) is 0 Å². The molecule has 0 aromatic carbocycles. The lowest BCUT2D eigenvalue weighted by Gasteiger charge is -2.40. The first-order valence-electron chi connectivity index (χ1n) is 22.7. The van der Waals surface area contributed by atoms with E-state index in [0.29, 0.717) is 43.2 Å². The second kappa shape index (κ2) is 18.9. The molecule has 5 atom stereocenters. The van der Waals surface area contributed by atoms with Crippen LogP contribution in [0.3, 0.4) is 0 Å². The highest BCUT2D eigenvalue weighted by atomic mass is 16.5. The molecule has 4 aliphatic carbocycles. The van der Waals surface area contributed by atoms with Gasteiger partial charge in [-0.05, 0) is 158 Å². The summed E-state index contributed by atoms with van der Waals surface area (Å²) in [6, 6.07) is -0.456. The number of carbonyl (C=O) groups excluding carboxylic acids is 3. The number of hydrogen-bond acceptors (Lipinski definition) is 6. The number of piperidine rings is 2. The van der Waals surface area contributed by atoms with E-state index in [4.69, 9.17) is 4.74 Å². The third-order valence-electron chi connectivity index (χ3n) is 15.4. The molecule has 0 radical (unpaired) electrons. The number of imide groups is 1. The number of aliphatic hydroxyl groups excluding tert-OH is 1. The van der Waals surface area contributed by atoms with Gasteiger partial charge in [0, 0.05) is 32.0 Å². The Kier molecular flexibility index (Phi) is 14.1. The predicted octanol–water partition coefficient (Wildman–Crippen LogP) is 7.96. The van der Waals surface area contributed by atoms with Gasteiger partial charge < -0.3 is 19.6 Å². The van der Waals surface area contributed by atoms with E-state index in [1.165, 1.54) is 122 Å². The lowest BCUT2D eigenvalue weighted by Crippen LogP contribution is -2.53. The number of rotatable bonds is 13. The number of aliphatic hydroxyl groups is 1. The molecular weight excluding hydrogens is 663 g/mol. The van der Waals surface area contributed by atoms with Gasteiger partial charge in [0.15, 0.2) is 0 Å². The van der Waals surface area contributed by atoms with E-state index in [9.17, 15) is 19.5 Å². The van der Waals surface area contributed by atoms with Crippen molar-refractivity contribution in [3.05, 3.63) is 11.1 Å². The SMILES string of the molecule is CC/C(=C(\C1CCC(O)CC1)C1CCC(OCCN2CCCC(CCCC3CCC4C(=O)N(C5CCC(=O)NC5=O)CC4C3)C2)CC1)C1CCCCC1. The molecule has 0 aromatic rings. The van der Waals surface area contributed by atoms with Gasteiger partial charge in [-0.3, -0.25) is 19.7 Å². The van der Waals surface area contributed by atoms with E-state index in [0.717, 1.165) is 63.0 Å². The average molecular weight is 736 g/mol. The van der Waals surface area contributed by atoms with Crippen LogP contribution < -0.4 is 5.32 Å². The van der Waals surface area contributed by atoms with Crippen LogP contribution >= 0.6 is 0 Å². The number of fused-ring (bicyclic) bond motifs is 1. The number of allylic oxidation sites excluding steroid dienone is 2. The Morgan fingerprint density at radius 1 is 0.774 bits per heavy atom. The molecule has 53 heavy (non-hydrogen) atoms. The number of amides is 3. The zero-order chi connectivity index (χ0) is 36.7. The van der Waals surface area contributed by atoms with E-state index in [2.05, 4.69) is 17.1 Å². The quantitative estimate of drug-likeness (QED) is 0.147. The monoisotopic (exact) mass is 736 g/mol. The summed E-state index contributed by atoms with van der Waals surface area (Å²) < 4.78 is 6.62. The fraction of sp³-hybridized carbons (Fsp3) is 0.889. The van der Waals surface area contributed by atoms with Gasteiger partial charge in [0.2, 0.25) is 17.7 Å². The van der Waals surface area contributed by atoms with Crippen LogP contribution in [0.15, 0.2) is 11.1 Å². The van der Waals surface area contributed by atoms with E-state index >= 15 is 0 Å². The molecular formula is C45H73N3O5. The first-order valence-corrected chi connectivity index (χ1v) is 22.7. The summed E-state index contributed by atoms with van der Waals surface area (Å²) in [5.74, 6) is 3.83. The summed E-state index contributed by atoms with van der Waals surface area (Å²) in [6.07, 6.45) is 28.5. The van der Waals surface area contributed by atoms with Crippen molar-refractivity contribution in [2.75, 3.05) is 32.8 Å². The van der Waals surface area contributed by atoms with Crippen molar-refractivity contribution >= 4 is 17.7 Å². The smallest absolute Gasteiger partial charge is 0.249 e. The molecule has 0 spiro atoms. The van der Waals surface area contributed by atoms with Crippen LogP contribution in [0.4, 0.5) is 0 Å². The summed E-state index contributed by atoms with van der Waals surface area (Å²) >= 11 is 0. The third kappa shape index (κ3) is 9.97. The third-order valence-corrected chi connectivity index (χ3v) is 15.4. The second-order valence-electron chi connectivity index (χ2n) is 18.8. The Hall–Kier alpha value is -1.77. The van der Waals surface area contributed by atoms with Crippen LogP contribution in [-0.2, 0) is 19.1 Å². The Morgan fingerprint density at radius 2 is 1.51 bits per heavy atom. The Bertz CT molecular complexity index is 1260. The minimum atomic E-state index is -0.456. The first-order chi connectivity index (χ1) is 25.9. The van der Waals surface area contributed by atoms with Crippen LogP contribution in [0.5, 0.6) is 0 Å². The van der Waals surface area contributed by atoms with Crippen LogP contribution in [-0.4, -0.2) is 83.7 Å². The lowest BCUT2D eigenvalue weighted by atomic mass is 9.68. The van der Waals surface area contributed by atoms with Crippen molar-refractivity contribution in [1.82, 2.24) is 15.1 Å². The first kappa shape index (κ1) is 39.5. The maximum Gasteiger partial charge on any atom is 0.249 e. The van der Waals surface area contributed by atoms with Crippen molar-refractivity contribution < 1.29 is 24.2 Å². The molecule has 0 bridgehead atoms. The molecule has 8 nitrogen and oxygen atoms in total. The highest BCUT2D eigenvalue weighted by molar-refractivity contribution is 6.02. The molecule has 7 fully saturated rings. The maximum absolute atomic E-state index is 13.2. The second-order valence-corrected chi connectivity index (χ2v) is 18.8. The maximum atomic E-state index is 13.2. The van der Waals surface area contributed by atoms with Gasteiger partial charge in [-0.1, -0.05) is 50.2 Å². The lowest BCUT2D eigenvalue weighted by molar-refractivity contribution is -0.144. The van der Waals surface area contributed by atoms with Crippen molar-refractivity contribution in [2.24, 2.45) is 41.4 Å². The van der Waals surface area contributed by atoms with E-state index in [1.807, 2.05) is 16.0 Å². The minimum Gasteiger partial charge on any atom is -0.393 e. The standard InChI is InChI=1S/C45H73N3O5/c1-2-39(33-11-4-3-5-12-33)43(34-14-18-37(49)19-15-34)35-16-20-38(21-17-35)53-27-26-47-25-7-10-32(29-47)9-6-8-31-13-22-40-36(28-31)30-48(45(40)52)41-23-24-42(50)46-44(41)51/h31-38,40-41,49H,2-30H2,1H3,(H,46,50,51)/b43-39-. The molecule has 2 N–H and O–H groups in total. The summed E-state index contributed by atoms with van der Waals surface area (Å²) in [7, 11) is 0. The average Bonchev–Trinajstić information content (AvgIpc) is 3.50. The highest BCUT2D eigenvalue weighted by Gasteiger charge is 2.48. The number of nitrogens with one attached hydrogen (secondary N) is 1. The number of nitrogens with zero attached hydrogens (tertiary/aromatic N) is 2. The van der Waals surface area contributed by atoms with Gasteiger partial charge in [-0.2, -0.15) is 0 Å². The molecule has 7 aliphatic rings. The van der Waals surface area contributed by atoms with E-state index in [-0.39, 0.29) is 29.7 Å². The van der Waals surface area contributed by atoms with Crippen molar-refractivity contribution in [1.29, 1.82) is 0 Å². The number of carbonyl (C=O) groups is 3. The number of ether oxygens (including phenoxy) is 1. The Balaban J connectivity index is 0.807. The highest BCUT2D eigenvalue weighted by Crippen LogP contribution is 2.46. The van der Waals surface area contributed by atoms with Crippen LogP contribution in [0.25, 0.3) is 0 Å². The summed E-state index contributed by atoms with van der Waals surface area (Å²) in [5, 5.41) is 12.7. The van der Waals surface area contributed by atoms with Gasteiger partial charge in [0.05, 0.1) is 18.8 Å². The Labute approximate surface area is 321 Å². The molecule has 7 rings (SSSR count).